The maximum absolute atomic E-state index is 14.2. The summed E-state index contributed by atoms with van der Waals surface area (Å²) in [4.78, 5) is 24.4. The van der Waals surface area contributed by atoms with E-state index in [4.69, 9.17) is 5.73 Å². The number of Topliss-reactive ketones (excluding diaryl/α,β-unsaturated/α-hetero) is 1. The van der Waals surface area contributed by atoms with Crippen LogP contribution < -0.4 is 11.1 Å². The summed E-state index contributed by atoms with van der Waals surface area (Å²) in [5.41, 5.74) is 10.3. The van der Waals surface area contributed by atoms with E-state index in [2.05, 4.69) is 24.4 Å². The molecule has 0 saturated carbocycles. The van der Waals surface area contributed by atoms with Crippen LogP contribution in [0.1, 0.15) is 58.2 Å². The van der Waals surface area contributed by atoms with Crippen molar-refractivity contribution in [3.05, 3.63) is 94.3 Å². The maximum Gasteiger partial charge on any atom is 0.252 e. The Kier molecular flexibility index (Phi) is 6.37. The lowest BCUT2D eigenvalue weighted by Gasteiger charge is -2.27. The molecule has 1 atom stereocenters. The van der Waals surface area contributed by atoms with Crippen molar-refractivity contribution in [3.8, 4) is 11.1 Å². The van der Waals surface area contributed by atoms with E-state index in [-0.39, 0.29) is 17.3 Å². The van der Waals surface area contributed by atoms with Gasteiger partial charge in [-0.15, -0.1) is 0 Å². The predicted octanol–water partition coefficient (Wildman–Crippen LogP) is 5.13. The summed E-state index contributed by atoms with van der Waals surface area (Å²) in [6, 6.07) is 17.8. The lowest BCUT2D eigenvalue weighted by Crippen LogP contribution is -2.50. The zero-order chi connectivity index (χ0) is 22.8. The standard InChI is InChI=1S/C26H27FN2O2/c1-5-18-14-19(10-12-23(18)21-9-7-6-8-16(21)2)25(31)29-26(4,28)20-11-13-22(17(3)30)24(27)15-20/h6-15H,5,28H2,1-4H3,(H,29,31). The number of carbonyl (C=O) groups excluding carboxylic acids is 2. The molecule has 5 heteroatoms. The molecule has 0 spiro atoms. The highest BCUT2D eigenvalue weighted by molar-refractivity contribution is 5.96. The molecular weight excluding hydrogens is 391 g/mol. The lowest BCUT2D eigenvalue weighted by molar-refractivity contribution is 0.0905. The number of hydrogen-bond donors (Lipinski definition) is 2. The van der Waals surface area contributed by atoms with E-state index in [0.29, 0.717) is 11.1 Å². The van der Waals surface area contributed by atoms with Crippen LogP contribution in [0.4, 0.5) is 4.39 Å². The summed E-state index contributed by atoms with van der Waals surface area (Å²) in [6.45, 7) is 7.00. The molecule has 160 valence electrons. The van der Waals surface area contributed by atoms with Crippen LogP contribution in [0.5, 0.6) is 0 Å². The lowest BCUT2D eigenvalue weighted by atomic mass is 9.93. The van der Waals surface area contributed by atoms with E-state index < -0.39 is 11.5 Å². The van der Waals surface area contributed by atoms with Gasteiger partial charge in [0.25, 0.3) is 5.91 Å². The van der Waals surface area contributed by atoms with E-state index in [1.807, 2.05) is 31.2 Å². The zero-order valence-electron chi connectivity index (χ0n) is 18.3. The molecule has 1 amide bonds. The second-order valence-electron chi connectivity index (χ2n) is 7.95. The number of aryl methyl sites for hydroxylation is 2. The second-order valence-corrected chi connectivity index (χ2v) is 7.95. The van der Waals surface area contributed by atoms with Crippen molar-refractivity contribution in [3.63, 3.8) is 0 Å². The van der Waals surface area contributed by atoms with Crippen molar-refractivity contribution in [2.75, 3.05) is 0 Å². The Labute approximate surface area is 182 Å². The van der Waals surface area contributed by atoms with E-state index in [1.54, 1.807) is 19.1 Å². The monoisotopic (exact) mass is 418 g/mol. The number of carbonyl (C=O) groups is 2. The molecule has 4 nitrogen and oxygen atoms in total. The maximum atomic E-state index is 14.2. The second kappa shape index (κ2) is 8.82. The summed E-state index contributed by atoms with van der Waals surface area (Å²) >= 11 is 0. The first-order valence-corrected chi connectivity index (χ1v) is 10.2. The van der Waals surface area contributed by atoms with Crippen LogP contribution in [0.15, 0.2) is 60.7 Å². The minimum Gasteiger partial charge on any atom is -0.330 e. The van der Waals surface area contributed by atoms with Crippen molar-refractivity contribution in [2.45, 2.75) is 39.8 Å². The molecule has 31 heavy (non-hydrogen) atoms. The van der Waals surface area contributed by atoms with Gasteiger partial charge in [-0.25, -0.2) is 4.39 Å². The topological polar surface area (TPSA) is 72.2 Å². The van der Waals surface area contributed by atoms with Gasteiger partial charge < -0.3 is 11.1 Å². The number of benzene rings is 3. The Balaban J connectivity index is 1.88. The van der Waals surface area contributed by atoms with Crippen LogP contribution in [0.25, 0.3) is 11.1 Å². The van der Waals surface area contributed by atoms with Crippen LogP contribution in [-0.4, -0.2) is 11.7 Å². The van der Waals surface area contributed by atoms with Crippen LogP contribution in [0, 0.1) is 12.7 Å². The van der Waals surface area contributed by atoms with Gasteiger partial charge in [-0.2, -0.15) is 0 Å². The summed E-state index contributed by atoms with van der Waals surface area (Å²) in [7, 11) is 0. The van der Waals surface area contributed by atoms with Gasteiger partial charge in [0.2, 0.25) is 0 Å². The molecule has 0 aliphatic rings. The molecule has 0 aliphatic heterocycles. The Morgan fingerprint density at radius 1 is 1.03 bits per heavy atom. The highest BCUT2D eigenvalue weighted by Crippen LogP contribution is 2.28. The summed E-state index contributed by atoms with van der Waals surface area (Å²) < 4.78 is 14.2. The molecule has 3 aromatic carbocycles. The van der Waals surface area contributed by atoms with Crippen molar-refractivity contribution >= 4 is 11.7 Å². The average molecular weight is 419 g/mol. The smallest absolute Gasteiger partial charge is 0.252 e. The molecule has 1 unspecified atom stereocenters. The number of hydrogen-bond acceptors (Lipinski definition) is 3. The third-order valence-electron chi connectivity index (χ3n) is 5.50. The summed E-state index contributed by atoms with van der Waals surface area (Å²) in [5.74, 6) is -1.38. The largest absolute Gasteiger partial charge is 0.330 e. The molecule has 3 N–H and O–H groups in total. The fourth-order valence-electron chi connectivity index (χ4n) is 3.67. The first-order chi connectivity index (χ1) is 14.6. The van der Waals surface area contributed by atoms with Gasteiger partial charge in [0.1, 0.15) is 11.5 Å². The van der Waals surface area contributed by atoms with Crippen molar-refractivity contribution in [2.24, 2.45) is 5.73 Å². The summed E-state index contributed by atoms with van der Waals surface area (Å²) in [5, 5.41) is 2.77. The molecule has 3 aromatic rings. The molecule has 0 aromatic heterocycles. The zero-order valence-corrected chi connectivity index (χ0v) is 18.3. The Hall–Kier alpha value is -3.31. The number of halogens is 1. The predicted molar refractivity (Wildman–Crippen MR) is 121 cm³/mol. The quantitative estimate of drug-likeness (QED) is 0.431. The van der Waals surface area contributed by atoms with Gasteiger partial charge in [0.15, 0.2) is 5.78 Å². The SMILES string of the molecule is CCc1cc(C(=O)NC(C)(N)c2ccc(C(C)=O)c(F)c2)ccc1-c1ccccc1C. The molecule has 0 saturated heterocycles. The normalized spacial score (nSPS) is 12.8. The molecule has 0 aliphatic carbocycles. The summed E-state index contributed by atoms with van der Waals surface area (Å²) in [6.07, 6.45) is 0.766. The Morgan fingerprint density at radius 2 is 1.74 bits per heavy atom. The van der Waals surface area contributed by atoms with Gasteiger partial charge in [-0.1, -0.05) is 43.3 Å². The van der Waals surface area contributed by atoms with E-state index in [1.165, 1.54) is 24.6 Å². The van der Waals surface area contributed by atoms with Crippen LogP contribution in [-0.2, 0) is 12.1 Å². The molecule has 0 bridgehead atoms. The van der Waals surface area contributed by atoms with E-state index in [9.17, 15) is 14.0 Å². The van der Waals surface area contributed by atoms with Gasteiger partial charge in [0.05, 0.1) is 5.56 Å². The third kappa shape index (κ3) is 4.72. The Bertz CT molecular complexity index is 1150. The highest BCUT2D eigenvalue weighted by atomic mass is 19.1. The van der Waals surface area contributed by atoms with Crippen LogP contribution >= 0.6 is 0 Å². The van der Waals surface area contributed by atoms with Gasteiger partial charge >= 0.3 is 0 Å². The molecule has 3 rings (SSSR count). The van der Waals surface area contributed by atoms with E-state index in [0.717, 1.165) is 23.1 Å². The van der Waals surface area contributed by atoms with Crippen LogP contribution in [0.2, 0.25) is 0 Å². The molecule has 0 heterocycles. The van der Waals surface area contributed by atoms with Crippen molar-refractivity contribution in [1.82, 2.24) is 5.32 Å². The minimum absolute atomic E-state index is 0.00902. The first kappa shape index (κ1) is 22.4. The number of nitrogens with one attached hydrogen (secondary N) is 1. The first-order valence-electron chi connectivity index (χ1n) is 10.2. The fourth-order valence-corrected chi connectivity index (χ4v) is 3.67. The number of rotatable bonds is 6. The average Bonchev–Trinajstić information content (AvgIpc) is 2.73. The highest BCUT2D eigenvalue weighted by Gasteiger charge is 2.26. The fraction of sp³-hybridized carbons (Fsp3) is 0.231. The third-order valence-corrected chi connectivity index (χ3v) is 5.50. The van der Waals surface area contributed by atoms with Crippen molar-refractivity contribution < 1.29 is 14.0 Å². The molecule has 0 fully saturated rings. The van der Waals surface area contributed by atoms with Gasteiger partial charge in [-0.3, -0.25) is 9.59 Å². The van der Waals surface area contributed by atoms with Crippen molar-refractivity contribution in [1.29, 1.82) is 0 Å². The number of nitrogens with two attached hydrogens (primary N) is 1. The number of amides is 1. The van der Waals surface area contributed by atoms with Gasteiger partial charge in [-0.05, 0) is 79.3 Å². The Morgan fingerprint density at radius 3 is 2.35 bits per heavy atom. The molecule has 0 radical (unpaired) electrons. The number of ketones is 1. The minimum atomic E-state index is -1.31. The van der Waals surface area contributed by atoms with E-state index >= 15 is 0 Å². The van der Waals surface area contributed by atoms with Crippen LogP contribution in [0.3, 0.4) is 0 Å². The molecular formula is C26H27FN2O2. The van der Waals surface area contributed by atoms with Gasteiger partial charge in [0, 0.05) is 5.56 Å².